The molecule has 0 fully saturated rings. The standard InChI is InChI=1S/C22H21N3O4/c1-28-14-9-10-19(29-2)17(11-14)24-20(26)12-18-22(27)25-16-8-4-6-13-5-3-7-15(23-18)21(13)16/h3-11,18,23H,12H2,1-2H3,(H,24,26)(H,25,27)/t18-/m0/s1. The van der Waals surface area contributed by atoms with Crippen molar-refractivity contribution in [2.75, 3.05) is 30.2 Å². The zero-order chi connectivity index (χ0) is 20.4. The zero-order valence-electron chi connectivity index (χ0n) is 16.1. The number of anilines is 3. The Hall–Kier alpha value is -3.74. The molecule has 0 aromatic heterocycles. The highest BCUT2D eigenvalue weighted by atomic mass is 16.5. The van der Waals surface area contributed by atoms with Crippen LogP contribution in [0.3, 0.4) is 0 Å². The Morgan fingerprint density at radius 3 is 2.52 bits per heavy atom. The molecule has 7 nitrogen and oxygen atoms in total. The molecular formula is C22H21N3O4. The van der Waals surface area contributed by atoms with E-state index in [1.807, 2.05) is 36.4 Å². The Bertz CT molecular complexity index is 1090. The third-order valence-electron chi connectivity index (χ3n) is 4.88. The monoisotopic (exact) mass is 391 g/mol. The Kier molecular flexibility index (Phi) is 4.95. The second-order valence-corrected chi connectivity index (χ2v) is 6.71. The maximum atomic E-state index is 12.7. The van der Waals surface area contributed by atoms with Crippen molar-refractivity contribution in [2.45, 2.75) is 12.5 Å². The van der Waals surface area contributed by atoms with Gasteiger partial charge in [0, 0.05) is 17.1 Å². The van der Waals surface area contributed by atoms with Gasteiger partial charge < -0.3 is 25.4 Å². The van der Waals surface area contributed by atoms with Crippen molar-refractivity contribution in [3.8, 4) is 11.5 Å². The molecule has 2 amide bonds. The summed E-state index contributed by atoms with van der Waals surface area (Å²) in [6.45, 7) is 0. The zero-order valence-corrected chi connectivity index (χ0v) is 16.1. The van der Waals surface area contributed by atoms with Crippen LogP contribution in [0.15, 0.2) is 54.6 Å². The predicted octanol–water partition coefficient (Wildman–Crippen LogP) is 3.62. The van der Waals surface area contributed by atoms with Crippen LogP contribution in [0.1, 0.15) is 6.42 Å². The number of hydrogen-bond acceptors (Lipinski definition) is 5. The maximum Gasteiger partial charge on any atom is 0.247 e. The van der Waals surface area contributed by atoms with Crippen LogP contribution < -0.4 is 25.4 Å². The Balaban J connectivity index is 1.56. The Morgan fingerprint density at radius 2 is 1.79 bits per heavy atom. The minimum Gasteiger partial charge on any atom is -0.497 e. The van der Waals surface area contributed by atoms with Crippen LogP contribution >= 0.6 is 0 Å². The van der Waals surface area contributed by atoms with E-state index in [4.69, 9.17) is 9.47 Å². The number of methoxy groups -OCH3 is 2. The molecule has 0 radical (unpaired) electrons. The van der Waals surface area contributed by atoms with Gasteiger partial charge in [0.2, 0.25) is 11.8 Å². The van der Waals surface area contributed by atoms with Crippen molar-refractivity contribution < 1.29 is 19.1 Å². The SMILES string of the molecule is COc1ccc(OC)c(NC(=O)C[C@@H]2Nc3cccc4cccc(c34)NC2=O)c1. The first kappa shape index (κ1) is 18.6. The molecule has 3 aromatic rings. The van der Waals surface area contributed by atoms with Crippen LogP contribution in [0, 0.1) is 0 Å². The van der Waals surface area contributed by atoms with E-state index in [0.717, 1.165) is 22.1 Å². The summed E-state index contributed by atoms with van der Waals surface area (Å²) in [5.74, 6) is 0.520. The van der Waals surface area contributed by atoms with Crippen molar-refractivity contribution in [1.29, 1.82) is 0 Å². The second kappa shape index (κ2) is 7.71. The number of nitrogens with one attached hydrogen (secondary N) is 3. The van der Waals surface area contributed by atoms with Crippen LogP contribution in [-0.4, -0.2) is 32.1 Å². The highest BCUT2D eigenvalue weighted by molar-refractivity contribution is 6.13. The van der Waals surface area contributed by atoms with Gasteiger partial charge >= 0.3 is 0 Å². The van der Waals surface area contributed by atoms with Crippen molar-refractivity contribution in [3.63, 3.8) is 0 Å². The molecule has 1 aliphatic heterocycles. The number of ether oxygens (including phenoxy) is 2. The molecular weight excluding hydrogens is 370 g/mol. The van der Waals surface area contributed by atoms with Gasteiger partial charge in [-0.15, -0.1) is 0 Å². The van der Waals surface area contributed by atoms with E-state index in [1.165, 1.54) is 7.11 Å². The minimum atomic E-state index is -0.718. The van der Waals surface area contributed by atoms with E-state index in [9.17, 15) is 9.59 Å². The summed E-state index contributed by atoms with van der Waals surface area (Å²) in [6, 6.07) is 16.0. The fourth-order valence-corrected chi connectivity index (χ4v) is 3.48. The fraction of sp³-hybridized carbons (Fsp3) is 0.182. The molecule has 4 rings (SSSR count). The van der Waals surface area contributed by atoms with Gasteiger partial charge in [-0.05, 0) is 29.7 Å². The van der Waals surface area contributed by atoms with E-state index in [-0.39, 0.29) is 18.2 Å². The number of rotatable bonds is 5. The average Bonchev–Trinajstić information content (AvgIpc) is 2.86. The van der Waals surface area contributed by atoms with E-state index in [1.54, 1.807) is 25.3 Å². The summed E-state index contributed by atoms with van der Waals surface area (Å²) in [5.41, 5.74) is 2.03. The first-order valence-corrected chi connectivity index (χ1v) is 9.20. The van der Waals surface area contributed by atoms with Crippen LogP contribution in [0.5, 0.6) is 11.5 Å². The van der Waals surface area contributed by atoms with Crippen LogP contribution in [0.4, 0.5) is 17.1 Å². The largest absolute Gasteiger partial charge is 0.497 e. The summed E-state index contributed by atoms with van der Waals surface area (Å²) in [6.07, 6.45) is -0.0451. The molecule has 1 aliphatic rings. The molecule has 3 aromatic carbocycles. The van der Waals surface area contributed by atoms with Gasteiger partial charge in [0.05, 0.1) is 32.0 Å². The highest BCUT2D eigenvalue weighted by Crippen LogP contribution is 2.34. The number of carbonyl (C=O) groups excluding carboxylic acids is 2. The average molecular weight is 391 g/mol. The molecule has 29 heavy (non-hydrogen) atoms. The number of benzene rings is 3. The van der Waals surface area contributed by atoms with Crippen molar-refractivity contribution in [3.05, 3.63) is 54.6 Å². The molecule has 3 N–H and O–H groups in total. The summed E-state index contributed by atoms with van der Waals surface area (Å²) in [7, 11) is 3.07. The molecule has 0 unspecified atom stereocenters. The van der Waals surface area contributed by atoms with Crippen LogP contribution in [-0.2, 0) is 9.59 Å². The normalized spacial score (nSPS) is 15.1. The summed E-state index contributed by atoms with van der Waals surface area (Å²) in [5, 5.41) is 10.9. The summed E-state index contributed by atoms with van der Waals surface area (Å²) < 4.78 is 10.5. The molecule has 1 heterocycles. The van der Waals surface area contributed by atoms with Gasteiger partial charge in [0.15, 0.2) is 0 Å². The van der Waals surface area contributed by atoms with Gasteiger partial charge in [-0.1, -0.05) is 24.3 Å². The van der Waals surface area contributed by atoms with E-state index in [0.29, 0.717) is 17.2 Å². The topological polar surface area (TPSA) is 88.7 Å². The first-order valence-electron chi connectivity index (χ1n) is 9.20. The van der Waals surface area contributed by atoms with Gasteiger partial charge in [-0.25, -0.2) is 0 Å². The molecule has 0 saturated carbocycles. The second-order valence-electron chi connectivity index (χ2n) is 6.71. The van der Waals surface area contributed by atoms with Crippen molar-refractivity contribution >= 4 is 39.6 Å². The lowest BCUT2D eigenvalue weighted by atomic mass is 10.1. The molecule has 0 aliphatic carbocycles. The first-order chi connectivity index (χ1) is 14.1. The lowest BCUT2D eigenvalue weighted by Crippen LogP contribution is -2.36. The third-order valence-corrected chi connectivity index (χ3v) is 4.88. The van der Waals surface area contributed by atoms with Gasteiger partial charge in [-0.2, -0.15) is 0 Å². The molecule has 7 heteroatoms. The van der Waals surface area contributed by atoms with E-state index >= 15 is 0 Å². The molecule has 1 atom stereocenters. The lowest BCUT2D eigenvalue weighted by Gasteiger charge is -2.17. The smallest absolute Gasteiger partial charge is 0.247 e. The van der Waals surface area contributed by atoms with Crippen LogP contribution in [0.2, 0.25) is 0 Å². The maximum absolute atomic E-state index is 12.7. The molecule has 0 spiro atoms. The summed E-state index contributed by atoms with van der Waals surface area (Å²) in [4.78, 5) is 25.4. The van der Waals surface area contributed by atoms with E-state index < -0.39 is 6.04 Å². The predicted molar refractivity (Wildman–Crippen MR) is 113 cm³/mol. The Labute approximate surface area is 168 Å². The lowest BCUT2D eigenvalue weighted by molar-refractivity contribution is -0.121. The summed E-state index contributed by atoms with van der Waals surface area (Å²) >= 11 is 0. The number of amides is 2. The fourth-order valence-electron chi connectivity index (χ4n) is 3.48. The molecule has 0 bridgehead atoms. The quantitative estimate of drug-likeness (QED) is 0.618. The van der Waals surface area contributed by atoms with Crippen LogP contribution in [0.25, 0.3) is 10.8 Å². The third kappa shape index (κ3) is 3.67. The van der Waals surface area contributed by atoms with Gasteiger partial charge in [-0.3, -0.25) is 9.59 Å². The van der Waals surface area contributed by atoms with Crippen molar-refractivity contribution in [1.82, 2.24) is 0 Å². The number of carbonyl (C=O) groups is 2. The minimum absolute atomic E-state index is 0.0451. The molecule has 0 saturated heterocycles. The highest BCUT2D eigenvalue weighted by Gasteiger charge is 2.27. The Morgan fingerprint density at radius 1 is 1.03 bits per heavy atom. The van der Waals surface area contributed by atoms with Gasteiger partial charge in [0.25, 0.3) is 0 Å². The van der Waals surface area contributed by atoms with Crippen molar-refractivity contribution in [2.24, 2.45) is 0 Å². The molecule has 148 valence electrons. The van der Waals surface area contributed by atoms with E-state index in [2.05, 4.69) is 16.0 Å². The number of hydrogen-bond donors (Lipinski definition) is 3. The van der Waals surface area contributed by atoms with Gasteiger partial charge in [0.1, 0.15) is 17.5 Å².